The summed E-state index contributed by atoms with van der Waals surface area (Å²) in [4.78, 5) is 34.6. The first-order valence-corrected chi connectivity index (χ1v) is 14.3. The number of nitrogens with zero attached hydrogens (tertiary/aromatic N) is 2. The SMILES string of the molecule is COc1ccc(CCN2C(=O)c3sc(-c4ccccc4)nc3OCC2(C)C(=O)NCc2ccccc2)c(OC)c1OC. The van der Waals surface area contributed by atoms with Crippen molar-refractivity contribution < 1.29 is 28.5 Å². The Morgan fingerprint density at radius 2 is 1.67 bits per heavy atom. The predicted molar refractivity (Wildman–Crippen MR) is 161 cm³/mol. The minimum Gasteiger partial charge on any atom is -0.493 e. The fourth-order valence-corrected chi connectivity index (χ4v) is 5.94. The summed E-state index contributed by atoms with van der Waals surface area (Å²) in [7, 11) is 4.66. The second-order valence-corrected chi connectivity index (χ2v) is 10.9. The number of aromatic nitrogens is 1. The minimum atomic E-state index is -1.32. The summed E-state index contributed by atoms with van der Waals surface area (Å²) in [6.45, 7) is 2.19. The molecule has 1 unspecified atom stereocenters. The lowest BCUT2D eigenvalue weighted by Crippen LogP contribution is -2.61. The van der Waals surface area contributed by atoms with Crippen LogP contribution in [-0.4, -0.2) is 61.7 Å². The van der Waals surface area contributed by atoms with Gasteiger partial charge in [0.05, 0.1) is 21.3 Å². The van der Waals surface area contributed by atoms with Crippen molar-refractivity contribution >= 4 is 23.2 Å². The van der Waals surface area contributed by atoms with Crippen LogP contribution in [0, 0.1) is 0 Å². The number of hydrogen-bond donors (Lipinski definition) is 1. The van der Waals surface area contributed by atoms with Gasteiger partial charge < -0.3 is 29.2 Å². The Bertz CT molecular complexity index is 1560. The standard InChI is InChI=1S/C32H33N3O6S/c1-32(31(37)33-19-21-11-7-5-8-12-21)20-41-28-27(42-29(34-28)23-13-9-6-10-14-23)30(36)35(32)18-17-22-15-16-24(38-2)26(40-4)25(22)39-3/h5-16H,17-20H2,1-4H3,(H,33,37). The van der Waals surface area contributed by atoms with E-state index in [0.717, 1.165) is 16.7 Å². The van der Waals surface area contributed by atoms with Crippen LogP contribution < -0.4 is 24.3 Å². The van der Waals surface area contributed by atoms with Crippen molar-refractivity contribution in [3.05, 3.63) is 88.8 Å². The molecule has 0 saturated heterocycles. The van der Waals surface area contributed by atoms with Crippen molar-refractivity contribution in [1.82, 2.24) is 15.2 Å². The summed E-state index contributed by atoms with van der Waals surface area (Å²) >= 11 is 1.26. The highest BCUT2D eigenvalue weighted by atomic mass is 32.1. The van der Waals surface area contributed by atoms with Crippen LogP contribution in [-0.2, 0) is 17.8 Å². The molecule has 1 atom stereocenters. The van der Waals surface area contributed by atoms with Gasteiger partial charge in [0, 0.05) is 24.2 Å². The summed E-state index contributed by atoms with van der Waals surface area (Å²) in [6, 6.07) is 22.9. The van der Waals surface area contributed by atoms with E-state index in [1.165, 1.54) is 11.3 Å². The van der Waals surface area contributed by atoms with Crippen molar-refractivity contribution in [3.63, 3.8) is 0 Å². The fourth-order valence-electron chi connectivity index (χ4n) is 4.97. The van der Waals surface area contributed by atoms with Crippen LogP contribution in [0.5, 0.6) is 23.1 Å². The molecule has 5 rings (SSSR count). The Morgan fingerprint density at radius 1 is 0.976 bits per heavy atom. The average Bonchev–Trinajstić information content (AvgIpc) is 3.43. The van der Waals surface area contributed by atoms with Crippen LogP contribution >= 0.6 is 11.3 Å². The van der Waals surface area contributed by atoms with Crippen LogP contribution in [0.3, 0.4) is 0 Å². The van der Waals surface area contributed by atoms with E-state index in [-0.39, 0.29) is 30.8 Å². The molecule has 10 heteroatoms. The van der Waals surface area contributed by atoms with Crippen LogP contribution in [0.2, 0.25) is 0 Å². The first kappa shape index (κ1) is 28.9. The zero-order chi connectivity index (χ0) is 29.7. The molecule has 1 N–H and O–H groups in total. The molecule has 0 aliphatic carbocycles. The molecule has 218 valence electrons. The third-order valence-corrected chi connectivity index (χ3v) is 8.39. The van der Waals surface area contributed by atoms with Crippen molar-refractivity contribution in [1.29, 1.82) is 0 Å². The lowest BCUT2D eigenvalue weighted by atomic mass is 9.97. The van der Waals surface area contributed by atoms with Gasteiger partial charge in [0.15, 0.2) is 21.9 Å². The van der Waals surface area contributed by atoms with Gasteiger partial charge in [-0.1, -0.05) is 66.7 Å². The summed E-state index contributed by atoms with van der Waals surface area (Å²) in [6.07, 6.45) is 0.385. The second-order valence-electron chi connectivity index (χ2n) is 9.95. The molecule has 1 aliphatic rings. The number of fused-ring (bicyclic) bond motifs is 1. The summed E-state index contributed by atoms with van der Waals surface area (Å²) < 4.78 is 22.8. The normalized spacial score (nSPS) is 16.2. The summed E-state index contributed by atoms with van der Waals surface area (Å²) in [5.74, 6) is 1.10. The zero-order valence-corrected chi connectivity index (χ0v) is 24.8. The van der Waals surface area contributed by atoms with Gasteiger partial charge in [-0.2, -0.15) is 0 Å². The van der Waals surface area contributed by atoms with Crippen LogP contribution in [0.4, 0.5) is 0 Å². The molecule has 2 heterocycles. The van der Waals surface area contributed by atoms with Crippen LogP contribution in [0.15, 0.2) is 72.8 Å². The van der Waals surface area contributed by atoms with E-state index in [2.05, 4.69) is 10.3 Å². The molecule has 2 amide bonds. The Hall–Kier alpha value is -4.57. The van der Waals surface area contributed by atoms with Gasteiger partial charge in [-0.15, -0.1) is 11.3 Å². The Morgan fingerprint density at radius 3 is 2.33 bits per heavy atom. The minimum absolute atomic E-state index is 0.0621. The van der Waals surface area contributed by atoms with E-state index in [0.29, 0.717) is 40.1 Å². The molecular weight excluding hydrogens is 554 g/mol. The molecule has 4 aromatic rings. The third kappa shape index (κ3) is 5.62. The average molecular weight is 588 g/mol. The van der Waals surface area contributed by atoms with Crippen molar-refractivity contribution in [2.75, 3.05) is 34.5 Å². The molecule has 3 aromatic carbocycles. The van der Waals surface area contributed by atoms with Gasteiger partial charge in [-0.05, 0) is 25.0 Å². The molecule has 0 saturated carbocycles. The molecule has 0 fully saturated rings. The molecule has 42 heavy (non-hydrogen) atoms. The zero-order valence-electron chi connectivity index (χ0n) is 24.0. The van der Waals surface area contributed by atoms with Gasteiger partial charge in [0.1, 0.15) is 11.6 Å². The number of thiazole rings is 1. The fraction of sp³-hybridized carbons (Fsp3) is 0.281. The van der Waals surface area contributed by atoms with Gasteiger partial charge >= 0.3 is 0 Å². The maximum absolute atomic E-state index is 14.2. The number of carbonyl (C=O) groups excluding carboxylic acids is 2. The van der Waals surface area contributed by atoms with E-state index in [9.17, 15) is 9.59 Å². The summed E-state index contributed by atoms with van der Waals surface area (Å²) in [5.41, 5.74) is 1.32. The number of carbonyl (C=O) groups is 2. The maximum atomic E-state index is 14.2. The molecule has 0 radical (unpaired) electrons. The summed E-state index contributed by atoms with van der Waals surface area (Å²) in [5, 5.41) is 3.68. The number of rotatable bonds is 10. The van der Waals surface area contributed by atoms with Gasteiger partial charge in [-0.3, -0.25) is 9.59 Å². The number of amides is 2. The molecule has 9 nitrogen and oxygen atoms in total. The number of benzene rings is 3. The molecule has 0 bridgehead atoms. The number of ether oxygens (including phenoxy) is 4. The number of methoxy groups -OCH3 is 3. The van der Waals surface area contributed by atoms with Gasteiger partial charge in [0.2, 0.25) is 17.5 Å². The van der Waals surface area contributed by atoms with Crippen LogP contribution in [0.1, 0.15) is 27.7 Å². The first-order valence-electron chi connectivity index (χ1n) is 13.5. The van der Waals surface area contributed by atoms with Crippen molar-refractivity contribution in [2.45, 2.75) is 25.4 Å². The van der Waals surface area contributed by atoms with E-state index in [1.54, 1.807) is 39.2 Å². The Kier molecular flexibility index (Phi) is 8.63. The predicted octanol–water partition coefficient (Wildman–Crippen LogP) is 4.99. The van der Waals surface area contributed by atoms with Crippen LogP contribution in [0.25, 0.3) is 10.6 Å². The number of nitrogens with one attached hydrogen (secondary N) is 1. The second kappa shape index (κ2) is 12.5. The van der Waals surface area contributed by atoms with E-state index in [1.807, 2.05) is 66.7 Å². The topological polar surface area (TPSA) is 99.2 Å². The van der Waals surface area contributed by atoms with E-state index in [4.69, 9.17) is 18.9 Å². The molecule has 1 aliphatic heterocycles. The molecular formula is C32H33N3O6S. The lowest BCUT2D eigenvalue weighted by Gasteiger charge is -2.38. The Labute approximate surface area is 249 Å². The highest BCUT2D eigenvalue weighted by Gasteiger charge is 2.47. The lowest BCUT2D eigenvalue weighted by molar-refractivity contribution is -0.133. The maximum Gasteiger partial charge on any atom is 0.270 e. The third-order valence-electron chi connectivity index (χ3n) is 7.32. The largest absolute Gasteiger partial charge is 0.493 e. The highest BCUT2D eigenvalue weighted by molar-refractivity contribution is 7.17. The smallest absolute Gasteiger partial charge is 0.270 e. The monoisotopic (exact) mass is 587 g/mol. The molecule has 1 aromatic heterocycles. The quantitative estimate of drug-likeness (QED) is 0.279. The van der Waals surface area contributed by atoms with E-state index < -0.39 is 5.54 Å². The number of hydrogen-bond acceptors (Lipinski definition) is 8. The molecule has 0 spiro atoms. The van der Waals surface area contributed by atoms with Gasteiger partial charge in [0.25, 0.3) is 5.91 Å². The van der Waals surface area contributed by atoms with Crippen molar-refractivity contribution in [2.24, 2.45) is 0 Å². The van der Waals surface area contributed by atoms with Gasteiger partial charge in [-0.25, -0.2) is 4.98 Å². The highest BCUT2D eigenvalue weighted by Crippen LogP contribution is 2.41. The van der Waals surface area contributed by atoms with E-state index >= 15 is 0 Å². The Balaban J connectivity index is 1.48. The van der Waals surface area contributed by atoms with Crippen molar-refractivity contribution in [3.8, 4) is 33.7 Å². The first-order chi connectivity index (χ1) is 20.4.